The highest BCUT2D eigenvalue weighted by atomic mass is 79.9. The molecule has 96 valence electrons. The van der Waals surface area contributed by atoms with E-state index in [0.29, 0.717) is 0 Å². The first kappa shape index (κ1) is 12.9. The molecule has 0 radical (unpaired) electrons. The first-order valence-electron chi connectivity index (χ1n) is 6.16. The van der Waals surface area contributed by atoms with Crippen LogP contribution in [-0.2, 0) is 0 Å². The van der Waals surface area contributed by atoms with E-state index in [0.717, 1.165) is 4.47 Å². The molecule has 1 nitrogen and oxygen atoms in total. The van der Waals surface area contributed by atoms with Gasteiger partial charge in [-0.05, 0) is 45.3 Å². The van der Waals surface area contributed by atoms with Crippen LogP contribution in [0.1, 0.15) is 21.4 Å². The zero-order valence-corrected chi connectivity index (χ0v) is 13.0. The van der Waals surface area contributed by atoms with Gasteiger partial charge in [-0.25, -0.2) is 0 Å². The Hall–Kier alpha value is -1.16. The molecule has 2 N–H and O–H groups in total. The van der Waals surface area contributed by atoms with Crippen LogP contribution in [0.3, 0.4) is 0 Å². The molecule has 0 bridgehead atoms. The number of hydrogen-bond donors (Lipinski definition) is 1. The van der Waals surface area contributed by atoms with Crippen LogP contribution in [0, 0.1) is 6.92 Å². The van der Waals surface area contributed by atoms with Crippen molar-refractivity contribution in [3.8, 4) is 0 Å². The van der Waals surface area contributed by atoms with Crippen molar-refractivity contribution in [2.24, 2.45) is 5.73 Å². The van der Waals surface area contributed by atoms with Crippen LogP contribution in [0.15, 0.2) is 53.0 Å². The Balaban J connectivity index is 2.13. The molecule has 1 heterocycles. The fraction of sp³-hybridized carbons (Fsp3) is 0.125. The predicted molar refractivity (Wildman–Crippen MR) is 86.7 cm³/mol. The molecule has 0 saturated carbocycles. The standard InChI is InChI=1S/C16H14BrNS/c1-10-14(17)9-15(19-10)16(18)13-8-4-6-11-5-2-3-7-12(11)13/h2-9,16H,18H2,1H3. The highest BCUT2D eigenvalue weighted by molar-refractivity contribution is 9.10. The molecule has 0 aliphatic carbocycles. The maximum Gasteiger partial charge on any atom is 0.0652 e. The number of hydrogen-bond acceptors (Lipinski definition) is 2. The van der Waals surface area contributed by atoms with Crippen LogP contribution in [0.5, 0.6) is 0 Å². The zero-order chi connectivity index (χ0) is 13.4. The van der Waals surface area contributed by atoms with Gasteiger partial charge in [0.25, 0.3) is 0 Å². The molecule has 0 amide bonds. The van der Waals surface area contributed by atoms with Gasteiger partial charge < -0.3 is 5.73 Å². The zero-order valence-electron chi connectivity index (χ0n) is 10.6. The predicted octanol–water partition coefficient (Wildman–Crippen LogP) is 5.02. The van der Waals surface area contributed by atoms with Gasteiger partial charge in [-0.3, -0.25) is 0 Å². The van der Waals surface area contributed by atoms with E-state index in [1.807, 2.05) is 0 Å². The van der Waals surface area contributed by atoms with Gasteiger partial charge in [0, 0.05) is 14.2 Å². The third kappa shape index (κ3) is 2.34. The number of benzene rings is 2. The van der Waals surface area contributed by atoms with Crippen molar-refractivity contribution in [2.45, 2.75) is 13.0 Å². The van der Waals surface area contributed by atoms with Crippen molar-refractivity contribution in [2.75, 3.05) is 0 Å². The maximum absolute atomic E-state index is 6.45. The first-order valence-corrected chi connectivity index (χ1v) is 7.77. The molecule has 1 atom stereocenters. The van der Waals surface area contributed by atoms with Crippen molar-refractivity contribution in [3.05, 3.63) is 68.3 Å². The minimum Gasteiger partial charge on any atom is -0.320 e. The van der Waals surface area contributed by atoms with Gasteiger partial charge >= 0.3 is 0 Å². The van der Waals surface area contributed by atoms with Crippen molar-refractivity contribution < 1.29 is 0 Å². The summed E-state index contributed by atoms with van der Waals surface area (Å²) in [5.41, 5.74) is 7.64. The Kier molecular flexibility index (Phi) is 3.44. The molecular weight excluding hydrogens is 318 g/mol. The fourth-order valence-corrected chi connectivity index (χ4v) is 3.89. The molecule has 1 aromatic heterocycles. The van der Waals surface area contributed by atoms with Crippen LogP contribution in [0.25, 0.3) is 10.8 Å². The molecule has 19 heavy (non-hydrogen) atoms. The van der Waals surface area contributed by atoms with E-state index in [2.05, 4.69) is 71.4 Å². The quantitative estimate of drug-likeness (QED) is 0.700. The van der Waals surface area contributed by atoms with Gasteiger partial charge in [-0.15, -0.1) is 11.3 Å². The summed E-state index contributed by atoms with van der Waals surface area (Å²) in [7, 11) is 0. The summed E-state index contributed by atoms with van der Waals surface area (Å²) in [5.74, 6) is 0. The summed E-state index contributed by atoms with van der Waals surface area (Å²) in [6, 6.07) is 16.8. The molecule has 0 saturated heterocycles. The third-order valence-electron chi connectivity index (χ3n) is 3.34. The van der Waals surface area contributed by atoms with Gasteiger partial charge in [0.05, 0.1) is 6.04 Å². The van der Waals surface area contributed by atoms with Crippen LogP contribution < -0.4 is 5.73 Å². The average molecular weight is 332 g/mol. The summed E-state index contributed by atoms with van der Waals surface area (Å²) >= 11 is 5.32. The number of halogens is 1. The molecule has 0 fully saturated rings. The average Bonchev–Trinajstić information content (AvgIpc) is 2.77. The second kappa shape index (κ2) is 5.08. The van der Waals surface area contributed by atoms with E-state index in [4.69, 9.17) is 5.73 Å². The highest BCUT2D eigenvalue weighted by Crippen LogP contribution is 2.34. The highest BCUT2D eigenvalue weighted by Gasteiger charge is 2.15. The van der Waals surface area contributed by atoms with Crippen LogP contribution >= 0.6 is 27.3 Å². The summed E-state index contributed by atoms with van der Waals surface area (Å²) < 4.78 is 1.14. The molecule has 3 heteroatoms. The van der Waals surface area contributed by atoms with Gasteiger partial charge in [0.2, 0.25) is 0 Å². The van der Waals surface area contributed by atoms with Crippen molar-refractivity contribution in [3.63, 3.8) is 0 Å². The Morgan fingerprint density at radius 3 is 2.58 bits per heavy atom. The second-order valence-electron chi connectivity index (χ2n) is 4.60. The number of nitrogens with two attached hydrogens (primary N) is 1. The Morgan fingerprint density at radius 2 is 1.84 bits per heavy atom. The van der Waals surface area contributed by atoms with Crippen molar-refractivity contribution in [1.29, 1.82) is 0 Å². The lowest BCUT2D eigenvalue weighted by Crippen LogP contribution is -2.10. The van der Waals surface area contributed by atoms with Gasteiger partial charge in [-0.1, -0.05) is 42.5 Å². The van der Waals surface area contributed by atoms with E-state index in [-0.39, 0.29) is 6.04 Å². The van der Waals surface area contributed by atoms with Crippen LogP contribution in [-0.4, -0.2) is 0 Å². The monoisotopic (exact) mass is 331 g/mol. The first-order chi connectivity index (χ1) is 9.16. The Labute approximate surface area is 125 Å². The minimum atomic E-state index is -0.0684. The molecule has 0 aliphatic rings. The van der Waals surface area contributed by atoms with E-state index >= 15 is 0 Å². The number of rotatable bonds is 2. The van der Waals surface area contributed by atoms with E-state index < -0.39 is 0 Å². The number of fused-ring (bicyclic) bond motifs is 1. The lowest BCUT2D eigenvalue weighted by atomic mass is 9.98. The topological polar surface area (TPSA) is 26.0 Å². The number of thiophene rings is 1. The van der Waals surface area contributed by atoms with E-state index in [9.17, 15) is 0 Å². The Bertz CT molecular complexity index is 708. The van der Waals surface area contributed by atoms with Gasteiger partial charge in [0.1, 0.15) is 0 Å². The smallest absolute Gasteiger partial charge is 0.0652 e. The van der Waals surface area contributed by atoms with Crippen molar-refractivity contribution >= 4 is 38.0 Å². The summed E-state index contributed by atoms with van der Waals surface area (Å²) in [4.78, 5) is 2.46. The van der Waals surface area contributed by atoms with Gasteiger partial charge in [-0.2, -0.15) is 0 Å². The van der Waals surface area contributed by atoms with E-state index in [1.165, 1.54) is 26.1 Å². The SMILES string of the molecule is Cc1sc(C(N)c2cccc3ccccc23)cc1Br. The molecule has 0 aliphatic heterocycles. The molecular formula is C16H14BrNS. The summed E-state index contributed by atoms with van der Waals surface area (Å²) in [5, 5.41) is 2.47. The van der Waals surface area contributed by atoms with Crippen molar-refractivity contribution in [1.82, 2.24) is 0 Å². The third-order valence-corrected chi connectivity index (χ3v) is 5.56. The minimum absolute atomic E-state index is 0.0684. The largest absolute Gasteiger partial charge is 0.320 e. The second-order valence-corrected chi connectivity index (χ2v) is 6.74. The number of aryl methyl sites for hydroxylation is 1. The lowest BCUT2D eigenvalue weighted by Gasteiger charge is -2.13. The van der Waals surface area contributed by atoms with Crippen LogP contribution in [0.2, 0.25) is 0 Å². The van der Waals surface area contributed by atoms with E-state index in [1.54, 1.807) is 11.3 Å². The molecule has 2 aromatic carbocycles. The molecule has 1 unspecified atom stereocenters. The summed E-state index contributed by atoms with van der Waals surface area (Å²) in [6.45, 7) is 2.11. The Morgan fingerprint density at radius 1 is 1.11 bits per heavy atom. The fourth-order valence-electron chi connectivity index (χ4n) is 2.31. The van der Waals surface area contributed by atoms with Crippen LogP contribution in [0.4, 0.5) is 0 Å². The normalized spacial score (nSPS) is 12.8. The molecule has 3 rings (SSSR count). The van der Waals surface area contributed by atoms with Gasteiger partial charge in [0.15, 0.2) is 0 Å². The molecule has 3 aromatic rings. The maximum atomic E-state index is 6.45. The lowest BCUT2D eigenvalue weighted by molar-refractivity contribution is 0.903. The molecule has 0 spiro atoms. The summed E-state index contributed by atoms with van der Waals surface area (Å²) in [6.07, 6.45) is 0.